The molecule has 4 heterocycles. The van der Waals surface area contributed by atoms with Gasteiger partial charge in [-0.2, -0.15) is 10.1 Å². The minimum absolute atomic E-state index is 0.0995. The Morgan fingerprint density at radius 2 is 0.662 bits per heavy atom. The number of unbranched alkanes of at least 4 members (excludes halogenated alkanes) is 18. The molecule has 1 spiro atoms. The molecule has 0 aromatic rings. The molecule has 0 atom stereocenters. The largest absolute Gasteiger partial charge is 0.321 e. The van der Waals surface area contributed by atoms with E-state index in [2.05, 4.69) is 88.7 Å². The number of hydrogen-bond donors (Lipinski definition) is 0. The van der Waals surface area contributed by atoms with Gasteiger partial charge in [-0.15, -0.1) is 0 Å². The molecule has 2 aliphatic carbocycles. The summed E-state index contributed by atoms with van der Waals surface area (Å²) >= 11 is 0. The lowest BCUT2D eigenvalue weighted by Crippen LogP contribution is -2.64. The summed E-state index contributed by atoms with van der Waals surface area (Å²) in [5.74, 6) is 0. The second-order valence-corrected chi connectivity index (χ2v) is 29.5. The summed E-state index contributed by atoms with van der Waals surface area (Å²) in [4.78, 5) is 13.9. The van der Waals surface area contributed by atoms with Gasteiger partial charge in [-0.25, -0.2) is 9.34 Å². The Kier molecular flexibility index (Phi) is 25.6. The van der Waals surface area contributed by atoms with Gasteiger partial charge in [-0.05, 0) is 120 Å². The molecular formula is C59H114N4O6P2. The highest BCUT2D eigenvalue weighted by molar-refractivity contribution is 7.45. The van der Waals surface area contributed by atoms with Gasteiger partial charge in [0.15, 0.2) is 0 Å². The highest BCUT2D eigenvalue weighted by Crippen LogP contribution is 2.59. The zero-order valence-corrected chi connectivity index (χ0v) is 50.0. The van der Waals surface area contributed by atoms with Crippen molar-refractivity contribution in [3.8, 4) is 0 Å². The van der Waals surface area contributed by atoms with Crippen molar-refractivity contribution in [2.75, 3.05) is 39.5 Å². The minimum atomic E-state index is -1.20. The van der Waals surface area contributed by atoms with E-state index in [-0.39, 0.29) is 27.6 Å². The van der Waals surface area contributed by atoms with E-state index in [9.17, 15) is 0 Å². The highest BCUT2D eigenvalue weighted by atomic mass is 31.2. The van der Waals surface area contributed by atoms with Gasteiger partial charge in [0.1, 0.15) is 0 Å². The first-order chi connectivity index (χ1) is 34.1. The summed E-state index contributed by atoms with van der Waals surface area (Å²) < 4.78 is 33.5. The van der Waals surface area contributed by atoms with Crippen LogP contribution in [0, 0.1) is 5.41 Å². The topological polar surface area (TPSA) is 68.3 Å². The predicted molar refractivity (Wildman–Crippen MR) is 299 cm³/mol. The molecule has 6 fully saturated rings. The van der Waals surface area contributed by atoms with Crippen molar-refractivity contribution in [1.29, 1.82) is 0 Å². The number of hydroxylamine groups is 4. The van der Waals surface area contributed by atoms with Gasteiger partial charge < -0.3 is 18.1 Å². The molecule has 0 aromatic heterocycles. The highest BCUT2D eigenvalue weighted by Gasteiger charge is 2.54. The summed E-state index contributed by atoms with van der Waals surface area (Å²) in [5.41, 5.74) is -0.681. The van der Waals surface area contributed by atoms with E-state index in [1.165, 1.54) is 193 Å². The Bertz CT molecular complexity index is 1300. The maximum Gasteiger partial charge on any atom is 0.259 e. The van der Waals surface area contributed by atoms with Crippen LogP contribution in [-0.2, 0) is 27.8 Å². The first-order valence-electron chi connectivity index (χ1n) is 30.7. The monoisotopic (exact) mass is 1040 g/mol. The van der Waals surface area contributed by atoms with Crippen LogP contribution in [0.5, 0.6) is 0 Å². The molecule has 0 amide bonds. The molecule has 10 nitrogen and oxygen atoms in total. The quantitative estimate of drug-likeness (QED) is 0.0513. The lowest BCUT2D eigenvalue weighted by Gasteiger charge is -2.57. The van der Waals surface area contributed by atoms with Crippen LogP contribution in [0.4, 0.5) is 0 Å². The Labute approximate surface area is 441 Å². The van der Waals surface area contributed by atoms with Gasteiger partial charge in [0, 0.05) is 47.3 Å². The molecule has 0 radical (unpaired) electrons. The van der Waals surface area contributed by atoms with Crippen LogP contribution in [0.15, 0.2) is 0 Å². The first kappa shape index (κ1) is 60.7. The summed E-state index contributed by atoms with van der Waals surface area (Å²) in [6.45, 7) is 28.5. The molecule has 416 valence electrons. The smallest absolute Gasteiger partial charge is 0.259 e. The zero-order chi connectivity index (χ0) is 50.8. The molecule has 4 saturated heterocycles. The minimum Gasteiger partial charge on any atom is -0.321 e. The van der Waals surface area contributed by atoms with Crippen LogP contribution in [0.2, 0.25) is 0 Å². The van der Waals surface area contributed by atoms with E-state index in [0.29, 0.717) is 50.7 Å². The molecular weight excluding hydrogens is 923 g/mol. The second-order valence-electron chi connectivity index (χ2n) is 26.5. The predicted octanol–water partition coefficient (Wildman–Crippen LogP) is 17.5. The normalized spacial score (nSPS) is 28.4. The van der Waals surface area contributed by atoms with Crippen LogP contribution in [-0.4, -0.2) is 105 Å². The van der Waals surface area contributed by atoms with Crippen molar-refractivity contribution in [2.45, 2.75) is 334 Å². The van der Waals surface area contributed by atoms with Crippen LogP contribution >= 0.6 is 17.1 Å². The molecule has 0 bridgehead atoms. The fourth-order valence-corrected chi connectivity index (χ4v) is 17.5. The third kappa shape index (κ3) is 18.8. The third-order valence-electron chi connectivity index (χ3n) is 17.4. The summed E-state index contributed by atoms with van der Waals surface area (Å²) in [6.07, 6.45) is 44.3. The molecule has 0 unspecified atom stereocenters. The van der Waals surface area contributed by atoms with Gasteiger partial charge in [0.05, 0.1) is 44.1 Å². The summed E-state index contributed by atoms with van der Waals surface area (Å²) in [5, 5.41) is 4.84. The SMILES string of the molecule is CCCCCCCCCCCCN(C1CC(C)(C)N(OC2CCCCC2)C(C)(C)C1)P1OCC2(CO1)COP(N(CCCCCCCCCCCC)C1CC(C)(C)N(OC3CCCCC3)C(C)(C)C1)OC2. The van der Waals surface area contributed by atoms with Crippen molar-refractivity contribution in [3.63, 3.8) is 0 Å². The molecule has 0 aromatic carbocycles. The molecule has 71 heavy (non-hydrogen) atoms. The maximum absolute atomic E-state index is 7.03. The molecule has 4 aliphatic heterocycles. The van der Waals surface area contributed by atoms with Gasteiger partial charge in [0.25, 0.3) is 17.1 Å². The van der Waals surface area contributed by atoms with Crippen molar-refractivity contribution in [3.05, 3.63) is 0 Å². The van der Waals surface area contributed by atoms with E-state index >= 15 is 0 Å². The average Bonchev–Trinajstić information content (AvgIpc) is 3.33. The standard InChI is InChI=1S/C59H114N4O6P2/c1-11-13-15-17-19-21-23-25-27-35-41-60(51-43-55(3,4)62(56(5,6)44-51)68-53-37-31-29-32-38-53)70-64-47-59(48-65-70)49-66-71(67-50-59)61(42-36-28-26-24-22-20-18-16-14-12-2)52-45-57(7,8)63(58(9,10)46-52)69-54-39-33-30-34-40-54/h51-54H,11-50H2,1-10H3. The van der Waals surface area contributed by atoms with E-state index in [1.54, 1.807) is 0 Å². The van der Waals surface area contributed by atoms with Gasteiger partial charge in [0.2, 0.25) is 0 Å². The average molecular weight is 1040 g/mol. The number of nitrogens with zero attached hydrogens (tertiary/aromatic N) is 4. The first-order valence-corrected chi connectivity index (χ1v) is 32.9. The fourth-order valence-electron chi connectivity index (χ4n) is 13.8. The van der Waals surface area contributed by atoms with Crippen LogP contribution < -0.4 is 0 Å². The van der Waals surface area contributed by atoms with E-state index in [1.807, 2.05) is 0 Å². The van der Waals surface area contributed by atoms with Crippen LogP contribution in [0.3, 0.4) is 0 Å². The maximum atomic E-state index is 7.03. The van der Waals surface area contributed by atoms with E-state index in [4.69, 9.17) is 27.8 Å². The van der Waals surface area contributed by atoms with E-state index in [0.717, 1.165) is 38.8 Å². The second kappa shape index (κ2) is 30.0. The number of hydrogen-bond acceptors (Lipinski definition) is 10. The van der Waals surface area contributed by atoms with Crippen molar-refractivity contribution >= 4 is 17.1 Å². The number of piperidine rings is 2. The molecule has 12 heteroatoms. The van der Waals surface area contributed by atoms with Gasteiger partial charge in [-0.3, -0.25) is 9.68 Å². The van der Waals surface area contributed by atoms with Crippen LogP contribution in [0.25, 0.3) is 0 Å². The zero-order valence-electron chi connectivity index (χ0n) is 48.2. The fraction of sp³-hybridized carbons (Fsp3) is 1.00. The molecule has 0 N–H and O–H groups in total. The lowest BCUT2D eigenvalue weighted by molar-refractivity contribution is -0.313. The van der Waals surface area contributed by atoms with E-state index < -0.39 is 17.1 Å². The Morgan fingerprint density at radius 3 is 0.944 bits per heavy atom. The third-order valence-corrected chi connectivity index (χ3v) is 20.7. The molecule has 2 saturated carbocycles. The van der Waals surface area contributed by atoms with Crippen molar-refractivity contribution in [2.24, 2.45) is 5.41 Å². The molecule has 6 rings (SSSR count). The van der Waals surface area contributed by atoms with Crippen molar-refractivity contribution in [1.82, 2.24) is 19.5 Å². The Balaban J connectivity index is 1.07. The molecule has 6 aliphatic rings. The van der Waals surface area contributed by atoms with Gasteiger partial charge in [-0.1, -0.05) is 168 Å². The number of rotatable bonds is 30. The Morgan fingerprint density at radius 1 is 0.394 bits per heavy atom. The summed E-state index contributed by atoms with van der Waals surface area (Å²) in [6, 6.07) is 0.730. The van der Waals surface area contributed by atoms with Gasteiger partial charge >= 0.3 is 0 Å². The van der Waals surface area contributed by atoms with Crippen LogP contribution in [0.1, 0.15) is 288 Å². The van der Waals surface area contributed by atoms with Crippen molar-refractivity contribution < 1.29 is 27.8 Å². The summed E-state index contributed by atoms with van der Waals surface area (Å²) in [7, 11) is -2.41. The Hall–Kier alpha value is 0.460. The lowest BCUT2D eigenvalue weighted by atomic mass is 9.78.